The Labute approximate surface area is 198 Å². The van der Waals surface area contributed by atoms with E-state index in [9.17, 15) is 9.59 Å². The van der Waals surface area contributed by atoms with Crippen molar-refractivity contribution in [3.05, 3.63) is 46.7 Å². The van der Waals surface area contributed by atoms with E-state index in [0.29, 0.717) is 13.1 Å². The summed E-state index contributed by atoms with van der Waals surface area (Å²) >= 11 is 6.45. The number of carbonyl (C=O) groups is 2. The quantitative estimate of drug-likeness (QED) is 0.730. The highest BCUT2D eigenvalue weighted by Gasteiger charge is 2.41. The van der Waals surface area contributed by atoms with Gasteiger partial charge in [0.05, 0.1) is 0 Å². The van der Waals surface area contributed by atoms with Crippen molar-refractivity contribution in [2.45, 2.75) is 38.6 Å². The number of amides is 1. The second-order valence-electron chi connectivity index (χ2n) is 9.69. The van der Waals surface area contributed by atoms with Crippen LogP contribution in [0, 0.1) is 5.41 Å². The minimum atomic E-state index is -1.13. The number of anilines is 1. The molecule has 176 valence electrons. The Balaban J connectivity index is 1.18. The number of carboxylic acids is 1. The lowest BCUT2D eigenvalue weighted by Gasteiger charge is -2.39. The molecule has 9 heteroatoms. The van der Waals surface area contributed by atoms with E-state index in [0.717, 1.165) is 61.7 Å². The number of halogens is 1. The van der Waals surface area contributed by atoms with Gasteiger partial charge in [0.1, 0.15) is 0 Å². The van der Waals surface area contributed by atoms with Crippen molar-refractivity contribution < 1.29 is 14.7 Å². The molecule has 3 aliphatic rings. The van der Waals surface area contributed by atoms with Crippen LogP contribution in [0.4, 0.5) is 10.5 Å². The van der Waals surface area contributed by atoms with Crippen LogP contribution in [0.5, 0.6) is 0 Å². The molecule has 3 saturated heterocycles. The first kappa shape index (κ1) is 22.2. The number of likely N-dealkylation sites (tertiary alicyclic amines) is 2. The molecule has 8 nitrogen and oxygen atoms in total. The zero-order chi connectivity index (χ0) is 23.0. The molecule has 5 rings (SSSR count). The number of nitrogens with zero attached hydrogens (tertiary/aromatic N) is 5. The van der Waals surface area contributed by atoms with Crippen molar-refractivity contribution in [2.24, 2.45) is 5.41 Å². The summed E-state index contributed by atoms with van der Waals surface area (Å²) in [6, 6.07) is 7.56. The Bertz CT molecular complexity index is 1040. The first-order valence-corrected chi connectivity index (χ1v) is 12.1. The minimum absolute atomic E-state index is 0.114. The molecule has 0 unspecified atom stereocenters. The fourth-order valence-electron chi connectivity index (χ4n) is 5.57. The van der Waals surface area contributed by atoms with E-state index in [2.05, 4.69) is 33.1 Å². The van der Waals surface area contributed by atoms with Crippen molar-refractivity contribution in [3.8, 4) is 0 Å². The second-order valence-corrected chi connectivity index (χ2v) is 10.1. The fourth-order valence-corrected chi connectivity index (χ4v) is 5.83. The smallest absolute Gasteiger partial charge is 0.356 e. The second kappa shape index (κ2) is 8.99. The Morgan fingerprint density at radius 1 is 1.03 bits per heavy atom. The Kier molecular flexibility index (Phi) is 6.05. The van der Waals surface area contributed by atoms with Gasteiger partial charge in [0.2, 0.25) is 0 Å². The van der Waals surface area contributed by atoms with Crippen LogP contribution in [0.2, 0.25) is 5.02 Å². The van der Waals surface area contributed by atoms with E-state index in [1.54, 1.807) is 4.90 Å². The molecule has 3 aliphatic heterocycles. The predicted molar refractivity (Wildman–Crippen MR) is 126 cm³/mol. The van der Waals surface area contributed by atoms with Gasteiger partial charge in [0.25, 0.3) is 0 Å². The van der Waals surface area contributed by atoms with Crippen molar-refractivity contribution >= 4 is 29.3 Å². The van der Waals surface area contributed by atoms with Gasteiger partial charge in [-0.15, -0.1) is 0 Å². The number of hydrogen-bond donors (Lipinski definition) is 1. The Hall–Kier alpha value is -2.58. The predicted octanol–water partition coefficient (Wildman–Crippen LogP) is 3.79. The number of aromatic carboxylic acids is 1. The standard InChI is InChI=1S/C24H30ClN5O3/c25-19-13-18(14-20(15-19)28-7-1-2-8-28)16-27-10-4-24(17-27)5-11-29(12-6-24)23(33)30-9-3-21(26-30)22(31)32/h3,9,13-15H,1-2,4-8,10-12,16-17H2,(H,31,32). The SMILES string of the molecule is O=C(O)c1ccn(C(=O)N2CCC3(CCN(Cc4cc(Cl)cc(N5CCCC5)c4)C3)CC2)n1. The van der Waals surface area contributed by atoms with Gasteiger partial charge in [0, 0.05) is 56.2 Å². The summed E-state index contributed by atoms with van der Waals surface area (Å²) in [7, 11) is 0. The average molecular weight is 472 g/mol. The van der Waals surface area contributed by atoms with E-state index in [1.165, 1.54) is 36.4 Å². The highest BCUT2D eigenvalue weighted by molar-refractivity contribution is 6.30. The van der Waals surface area contributed by atoms with Gasteiger partial charge in [-0.3, -0.25) is 4.90 Å². The van der Waals surface area contributed by atoms with E-state index in [1.807, 2.05) is 0 Å². The molecule has 1 spiro atoms. The summed E-state index contributed by atoms with van der Waals surface area (Å²) in [5.41, 5.74) is 2.63. The lowest BCUT2D eigenvalue weighted by Crippen LogP contribution is -2.45. The maximum absolute atomic E-state index is 12.7. The molecule has 0 atom stereocenters. The highest BCUT2D eigenvalue weighted by atomic mass is 35.5. The lowest BCUT2D eigenvalue weighted by molar-refractivity contribution is 0.0689. The first-order valence-electron chi connectivity index (χ1n) is 11.8. The molecular formula is C24H30ClN5O3. The third kappa shape index (κ3) is 4.73. The highest BCUT2D eigenvalue weighted by Crippen LogP contribution is 2.41. The Morgan fingerprint density at radius 2 is 1.76 bits per heavy atom. The van der Waals surface area contributed by atoms with Gasteiger partial charge < -0.3 is 14.9 Å². The van der Waals surface area contributed by atoms with Crippen LogP contribution < -0.4 is 4.90 Å². The van der Waals surface area contributed by atoms with E-state index in [-0.39, 0.29) is 17.1 Å². The minimum Gasteiger partial charge on any atom is -0.476 e. The molecule has 0 aliphatic carbocycles. The molecular weight excluding hydrogens is 442 g/mol. The van der Waals surface area contributed by atoms with Crippen LogP contribution in [0.25, 0.3) is 0 Å². The number of hydrogen-bond acceptors (Lipinski definition) is 5. The Morgan fingerprint density at radius 3 is 2.45 bits per heavy atom. The summed E-state index contributed by atoms with van der Waals surface area (Å²) in [5, 5.41) is 13.7. The van der Waals surface area contributed by atoms with Crippen LogP contribution in [0.1, 0.15) is 48.2 Å². The fraction of sp³-hybridized carbons (Fsp3) is 0.542. The van der Waals surface area contributed by atoms with Crippen LogP contribution in [0.3, 0.4) is 0 Å². The number of carbonyl (C=O) groups excluding carboxylic acids is 1. The van der Waals surface area contributed by atoms with Crippen molar-refractivity contribution in [2.75, 3.05) is 44.2 Å². The lowest BCUT2D eigenvalue weighted by atomic mass is 9.78. The first-order chi connectivity index (χ1) is 15.9. The number of rotatable bonds is 4. The van der Waals surface area contributed by atoms with Gasteiger partial charge in [-0.1, -0.05) is 11.6 Å². The molecule has 1 aromatic carbocycles. The van der Waals surface area contributed by atoms with Gasteiger partial charge in [0.15, 0.2) is 5.69 Å². The monoisotopic (exact) mass is 471 g/mol. The van der Waals surface area contributed by atoms with Crippen molar-refractivity contribution in [3.63, 3.8) is 0 Å². The molecule has 0 radical (unpaired) electrons. The molecule has 0 bridgehead atoms. The third-order valence-corrected chi connectivity index (χ3v) is 7.65. The molecule has 1 amide bonds. The summed E-state index contributed by atoms with van der Waals surface area (Å²) < 4.78 is 1.14. The van der Waals surface area contributed by atoms with E-state index >= 15 is 0 Å². The van der Waals surface area contributed by atoms with Crippen LogP contribution in [-0.2, 0) is 6.54 Å². The van der Waals surface area contributed by atoms with Crippen molar-refractivity contribution in [1.82, 2.24) is 19.6 Å². The average Bonchev–Trinajstić information content (AvgIpc) is 3.55. The molecule has 4 heterocycles. The summed E-state index contributed by atoms with van der Waals surface area (Å²) in [5.74, 6) is -1.13. The van der Waals surface area contributed by atoms with E-state index < -0.39 is 5.97 Å². The maximum atomic E-state index is 12.7. The zero-order valence-corrected chi connectivity index (χ0v) is 19.5. The van der Waals surface area contributed by atoms with Crippen LogP contribution in [-0.4, -0.2) is 76.0 Å². The van der Waals surface area contributed by atoms with E-state index in [4.69, 9.17) is 16.7 Å². The van der Waals surface area contributed by atoms with Gasteiger partial charge in [-0.25, -0.2) is 9.59 Å². The third-order valence-electron chi connectivity index (χ3n) is 7.44. The van der Waals surface area contributed by atoms with Crippen LogP contribution in [0.15, 0.2) is 30.5 Å². The number of carboxylic acid groups (broad SMARTS) is 1. The molecule has 1 aromatic heterocycles. The maximum Gasteiger partial charge on any atom is 0.356 e. The van der Waals surface area contributed by atoms with Gasteiger partial charge >= 0.3 is 12.0 Å². The molecule has 0 saturated carbocycles. The molecule has 2 aromatic rings. The number of benzene rings is 1. The largest absolute Gasteiger partial charge is 0.476 e. The normalized spacial score (nSPS) is 20.6. The molecule has 3 fully saturated rings. The molecule has 33 heavy (non-hydrogen) atoms. The molecule has 1 N–H and O–H groups in total. The summed E-state index contributed by atoms with van der Waals surface area (Å²) in [4.78, 5) is 30.5. The number of piperidine rings is 1. The topological polar surface area (TPSA) is 81.9 Å². The number of aromatic nitrogens is 2. The van der Waals surface area contributed by atoms with Crippen LogP contribution >= 0.6 is 11.6 Å². The zero-order valence-electron chi connectivity index (χ0n) is 18.7. The van der Waals surface area contributed by atoms with Crippen molar-refractivity contribution in [1.29, 1.82) is 0 Å². The summed E-state index contributed by atoms with van der Waals surface area (Å²) in [6.07, 6.45) is 6.97. The van der Waals surface area contributed by atoms with Gasteiger partial charge in [-0.05, 0) is 73.9 Å². The summed E-state index contributed by atoms with van der Waals surface area (Å²) in [6.45, 7) is 6.55. The van der Waals surface area contributed by atoms with Gasteiger partial charge in [-0.2, -0.15) is 9.78 Å².